The van der Waals surface area contributed by atoms with Crippen molar-refractivity contribution in [1.82, 2.24) is 10.2 Å². The van der Waals surface area contributed by atoms with Crippen LogP contribution in [0.2, 0.25) is 0 Å². The molecule has 1 rings (SSSR count). The zero-order valence-electron chi connectivity index (χ0n) is 9.73. The van der Waals surface area contributed by atoms with Crippen molar-refractivity contribution < 1.29 is 0 Å². The zero-order chi connectivity index (χ0) is 11.5. The Hall–Kier alpha value is -0.130. The van der Waals surface area contributed by atoms with Crippen molar-refractivity contribution in [2.45, 2.75) is 49.7 Å². The van der Waals surface area contributed by atoms with Gasteiger partial charge in [-0.05, 0) is 11.8 Å². The van der Waals surface area contributed by atoms with Gasteiger partial charge in [-0.25, -0.2) is 0 Å². The molecule has 15 heavy (non-hydrogen) atoms. The minimum Gasteiger partial charge on any atom is -0.327 e. The summed E-state index contributed by atoms with van der Waals surface area (Å²) in [5, 5.41) is 8.30. The molecule has 2 atom stereocenters. The Bertz CT molecular complexity index is 279. The lowest BCUT2D eigenvalue weighted by atomic mass is 9.87. The highest BCUT2D eigenvalue weighted by Crippen LogP contribution is 2.37. The second kappa shape index (κ2) is 5.27. The number of hydrogen-bond acceptors (Lipinski definition) is 5. The summed E-state index contributed by atoms with van der Waals surface area (Å²) in [6, 6.07) is 0.207. The second-order valence-corrected chi connectivity index (χ2v) is 6.90. The minimum absolute atomic E-state index is 0.186. The van der Waals surface area contributed by atoms with E-state index in [-0.39, 0.29) is 11.5 Å². The van der Waals surface area contributed by atoms with E-state index in [9.17, 15) is 0 Å². The molecular formula is C10H19N3S2. The maximum Gasteiger partial charge on any atom is 0.174 e. The molecule has 0 saturated carbocycles. The SMILES string of the molecule is CCC(N)C(Sc1nncs1)C(C)(C)C. The molecule has 0 radical (unpaired) electrons. The van der Waals surface area contributed by atoms with Crippen LogP contribution in [0.25, 0.3) is 0 Å². The summed E-state index contributed by atoms with van der Waals surface area (Å²) in [4.78, 5) is 0. The fourth-order valence-corrected chi connectivity index (χ4v) is 3.42. The summed E-state index contributed by atoms with van der Waals surface area (Å²) >= 11 is 3.34. The van der Waals surface area contributed by atoms with E-state index < -0.39 is 0 Å². The zero-order valence-corrected chi connectivity index (χ0v) is 11.4. The van der Waals surface area contributed by atoms with E-state index >= 15 is 0 Å². The molecular weight excluding hydrogens is 226 g/mol. The second-order valence-electron chi connectivity index (χ2n) is 4.68. The Kier molecular flexibility index (Phi) is 4.55. The predicted molar refractivity (Wildman–Crippen MR) is 67.3 cm³/mol. The first kappa shape index (κ1) is 12.9. The molecule has 1 aromatic rings. The molecule has 3 nitrogen and oxygen atoms in total. The summed E-state index contributed by atoms with van der Waals surface area (Å²) in [6.07, 6.45) is 0.994. The highest BCUT2D eigenvalue weighted by Gasteiger charge is 2.31. The van der Waals surface area contributed by atoms with Gasteiger partial charge in [0.25, 0.3) is 0 Å². The predicted octanol–water partition coefficient (Wildman–Crippen LogP) is 2.78. The first-order chi connectivity index (χ1) is 6.95. The average Bonchev–Trinajstić information content (AvgIpc) is 2.63. The highest BCUT2D eigenvalue weighted by atomic mass is 32.2. The van der Waals surface area contributed by atoms with Gasteiger partial charge in [-0.15, -0.1) is 10.2 Å². The third kappa shape index (κ3) is 3.74. The fourth-order valence-electron chi connectivity index (χ4n) is 1.44. The molecule has 2 unspecified atom stereocenters. The lowest BCUT2D eigenvalue weighted by Crippen LogP contribution is -2.40. The van der Waals surface area contributed by atoms with Crippen LogP contribution in [0.1, 0.15) is 34.1 Å². The van der Waals surface area contributed by atoms with Crippen molar-refractivity contribution in [3.63, 3.8) is 0 Å². The van der Waals surface area contributed by atoms with Crippen LogP contribution in [0.3, 0.4) is 0 Å². The van der Waals surface area contributed by atoms with Crippen LogP contribution in [-0.4, -0.2) is 21.5 Å². The van der Waals surface area contributed by atoms with Crippen LogP contribution in [0, 0.1) is 5.41 Å². The lowest BCUT2D eigenvalue weighted by Gasteiger charge is -2.33. The van der Waals surface area contributed by atoms with Gasteiger partial charge in [0.05, 0.1) is 0 Å². The molecule has 0 spiro atoms. The third-order valence-corrected chi connectivity index (χ3v) is 4.94. The average molecular weight is 245 g/mol. The number of nitrogens with two attached hydrogens (primary N) is 1. The Morgan fingerprint density at radius 2 is 2.20 bits per heavy atom. The fraction of sp³-hybridized carbons (Fsp3) is 0.800. The molecule has 86 valence electrons. The maximum atomic E-state index is 6.16. The van der Waals surface area contributed by atoms with Crippen molar-refractivity contribution in [3.8, 4) is 0 Å². The largest absolute Gasteiger partial charge is 0.327 e. The summed E-state index contributed by atoms with van der Waals surface area (Å²) in [5.41, 5.74) is 8.11. The molecule has 0 fully saturated rings. The molecule has 0 aliphatic heterocycles. The molecule has 2 N–H and O–H groups in total. The summed E-state index contributed by atoms with van der Waals surface area (Å²) in [7, 11) is 0. The van der Waals surface area contributed by atoms with Crippen molar-refractivity contribution in [1.29, 1.82) is 0 Å². The Labute approximate surface area is 99.9 Å². The van der Waals surface area contributed by atoms with Gasteiger partial charge in [-0.3, -0.25) is 0 Å². The van der Waals surface area contributed by atoms with E-state index in [4.69, 9.17) is 5.73 Å². The summed E-state index contributed by atoms with van der Waals surface area (Å²) in [6.45, 7) is 8.80. The topological polar surface area (TPSA) is 51.8 Å². The Morgan fingerprint density at radius 3 is 2.60 bits per heavy atom. The van der Waals surface area contributed by atoms with E-state index in [1.807, 2.05) is 0 Å². The molecule has 0 saturated heterocycles. The van der Waals surface area contributed by atoms with Crippen molar-refractivity contribution in [2.24, 2.45) is 11.1 Å². The van der Waals surface area contributed by atoms with E-state index in [0.717, 1.165) is 10.8 Å². The molecule has 1 heterocycles. The van der Waals surface area contributed by atoms with E-state index in [2.05, 4.69) is 37.9 Å². The van der Waals surface area contributed by atoms with Gasteiger partial charge < -0.3 is 5.73 Å². The summed E-state index contributed by atoms with van der Waals surface area (Å²) in [5.74, 6) is 0. The van der Waals surface area contributed by atoms with Crippen LogP contribution in [0.15, 0.2) is 9.85 Å². The molecule has 0 aromatic carbocycles. The maximum absolute atomic E-state index is 6.16. The standard InChI is InChI=1S/C10H19N3S2/c1-5-7(11)8(10(2,3)4)15-9-13-12-6-14-9/h6-8H,5,11H2,1-4H3. The highest BCUT2D eigenvalue weighted by molar-refractivity contribution is 8.01. The van der Waals surface area contributed by atoms with E-state index in [1.54, 1.807) is 28.6 Å². The molecule has 0 amide bonds. The van der Waals surface area contributed by atoms with Crippen molar-refractivity contribution in [3.05, 3.63) is 5.51 Å². The monoisotopic (exact) mass is 245 g/mol. The molecule has 0 aliphatic rings. The third-order valence-electron chi connectivity index (χ3n) is 2.28. The molecule has 1 aromatic heterocycles. The van der Waals surface area contributed by atoms with Crippen molar-refractivity contribution >= 4 is 23.1 Å². The molecule has 0 aliphatic carbocycles. The first-order valence-corrected chi connectivity index (χ1v) is 6.89. The van der Waals surface area contributed by atoms with Gasteiger partial charge in [0.2, 0.25) is 0 Å². The number of aromatic nitrogens is 2. The van der Waals surface area contributed by atoms with Crippen LogP contribution >= 0.6 is 23.1 Å². The van der Waals surface area contributed by atoms with Gasteiger partial charge in [-0.2, -0.15) is 0 Å². The number of rotatable bonds is 4. The van der Waals surface area contributed by atoms with Crippen LogP contribution in [0.5, 0.6) is 0 Å². The van der Waals surface area contributed by atoms with Gasteiger partial charge in [0.15, 0.2) is 4.34 Å². The molecule has 0 bridgehead atoms. The number of thioether (sulfide) groups is 1. The Morgan fingerprint density at radius 1 is 1.53 bits per heavy atom. The minimum atomic E-state index is 0.186. The smallest absolute Gasteiger partial charge is 0.174 e. The molecule has 5 heteroatoms. The van der Waals surface area contributed by atoms with E-state index in [1.165, 1.54) is 0 Å². The van der Waals surface area contributed by atoms with Crippen LogP contribution < -0.4 is 5.73 Å². The quantitative estimate of drug-likeness (QED) is 0.829. The first-order valence-electron chi connectivity index (χ1n) is 5.13. The van der Waals surface area contributed by atoms with Gasteiger partial charge in [0.1, 0.15) is 5.51 Å². The van der Waals surface area contributed by atoms with Crippen molar-refractivity contribution in [2.75, 3.05) is 0 Å². The van der Waals surface area contributed by atoms with Crippen LogP contribution in [-0.2, 0) is 0 Å². The summed E-state index contributed by atoms with van der Waals surface area (Å²) < 4.78 is 1.01. The number of nitrogens with zero attached hydrogens (tertiary/aromatic N) is 2. The van der Waals surface area contributed by atoms with E-state index in [0.29, 0.717) is 5.25 Å². The normalized spacial score (nSPS) is 16.3. The van der Waals surface area contributed by atoms with Crippen LogP contribution in [0.4, 0.5) is 0 Å². The number of hydrogen-bond donors (Lipinski definition) is 1. The van der Waals surface area contributed by atoms with Gasteiger partial charge >= 0.3 is 0 Å². The Balaban J connectivity index is 2.74. The van der Waals surface area contributed by atoms with Gasteiger partial charge in [0, 0.05) is 11.3 Å². The lowest BCUT2D eigenvalue weighted by molar-refractivity contribution is 0.350. The van der Waals surface area contributed by atoms with Gasteiger partial charge in [-0.1, -0.05) is 50.8 Å².